The maximum atomic E-state index is 12.1. The van der Waals surface area contributed by atoms with Crippen LogP contribution in [-0.4, -0.2) is 35.2 Å². The van der Waals surface area contributed by atoms with Gasteiger partial charge in [0.05, 0.1) is 11.8 Å². The fourth-order valence-corrected chi connectivity index (χ4v) is 4.21. The van der Waals surface area contributed by atoms with Crippen LogP contribution in [0, 0.1) is 17.3 Å². The molecule has 3 aliphatic heterocycles. The number of nitrogens with zero attached hydrogens (tertiary/aromatic N) is 1. The molecular weight excluding hydrogens is 265 g/mol. The van der Waals surface area contributed by atoms with E-state index in [4.69, 9.17) is 4.74 Å². The number of hydrogen-bond acceptors (Lipinski definition) is 4. The van der Waals surface area contributed by atoms with E-state index < -0.39 is 0 Å². The van der Waals surface area contributed by atoms with Crippen LogP contribution in [0.3, 0.4) is 0 Å². The Hall–Kier alpha value is -1.10. The van der Waals surface area contributed by atoms with Gasteiger partial charge < -0.3 is 9.55 Å². The molecule has 4 aliphatic rings. The number of hydrogen-bond donors (Lipinski definition) is 0. The molecule has 0 aromatic heterocycles. The molecule has 0 N–H and O–H groups in total. The van der Waals surface area contributed by atoms with Crippen LogP contribution in [0.15, 0.2) is 12.2 Å². The molecule has 2 saturated heterocycles. The van der Waals surface area contributed by atoms with Crippen LogP contribution in [-0.2, 0) is 14.3 Å². The zero-order chi connectivity index (χ0) is 15.7. The lowest BCUT2D eigenvalue weighted by Gasteiger charge is -2.59. The van der Waals surface area contributed by atoms with Gasteiger partial charge in [-0.3, -0.25) is 9.59 Å². The Labute approximate surface area is 127 Å². The van der Waals surface area contributed by atoms with E-state index in [1.165, 1.54) is 0 Å². The standard InChI is InChI=1S/C16H24BNO3/c1-15(2,3)16(4,5)18-10-8-7-9(17(18)6)11-12(10)14(20)21-13(11)19/h7-12H,1-6H3. The van der Waals surface area contributed by atoms with Gasteiger partial charge in [0, 0.05) is 11.6 Å². The highest BCUT2D eigenvalue weighted by molar-refractivity contribution is 6.58. The molecule has 2 fully saturated rings. The summed E-state index contributed by atoms with van der Waals surface area (Å²) in [6.07, 6.45) is 4.23. The molecule has 21 heavy (non-hydrogen) atoms. The van der Waals surface area contributed by atoms with Gasteiger partial charge in [-0.1, -0.05) is 39.7 Å². The Balaban J connectivity index is 2.06. The van der Waals surface area contributed by atoms with Crippen molar-refractivity contribution in [2.75, 3.05) is 0 Å². The van der Waals surface area contributed by atoms with Gasteiger partial charge >= 0.3 is 11.9 Å². The molecule has 0 spiro atoms. The smallest absolute Gasteiger partial charge is 0.319 e. The number of carbonyl (C=O) groups excluding carboxylic acids is 2. The Morgan fingerprint density at radius 3 is 2.19 bits per heavy atom. The molecule has 0 amide bonds. The van der Waals surface area contributed by atoms with Crippen LogP contribution in [0.5, 0.6) is 0 Å². The molecule has 4 unspecified atom stereocenters. The van der Waals surface area contributed by atoms with Gasteiger partial charge in [-0.05, 0) is 25.1 Å². The Kier molecular flexibility index (Phi) is 2.98. The summed E-state index contributed by atoms with van der Waals surface area (Å²) in [5, 5.41) is 0. The molecule has 4 rings (SSSR count). The number of ether oxygens (including phenoxy) is 1. The number of fused-ring (bicyclic) bond motifs is 1. The molecule has 0 aromatic carbocycles. The minimum Gasteiger partial charge on any atom is -0.393 e. The summed E-state index contributed by atoms with van der Waals surface area (Å²) in [6.45, 7) is 13.5. The SMILES string of the molecule is CB1C2C=CC(C3C(=O)OC(=O)C23)N1C(C)(C)C(C)(C)C. The van der Waals surface area contributed by atoms with Gasteiger partial charge in [0.25, 0.3) is 0 Å². The second kappa shape index (κ2) is 4.22. The van der Waals surface area contributed by atoms with Crippen molar-refractivity contribution in [3.05, 3.63) is 12.2 Å². The Morgan fingerprint density at radius 2 is 1.62 bits per heavy atom. The van der Waals surface area contributed by atoms with Gasteiger partial charge in [0.15, 0.2) is 0 Å². The summed E-state index contributed by atoms with van der Waals surface area (Å²) in [6, 6.07) is -0.0387. The van der Waals surface area contributed by atoms with Crippen molar-refractivity contribution in [2.24, 2.45) is 17.3 Å². The highest BCUT2D eigenvalue weighted by atomic mass is 16.6. The zero-order valence-electron chi connectivity index (χ0n) is 13.7. The van der Waals surface area contributed by atoms with Crippen molar-refractivity contribution in [3.63, 3.8) is 0 Å². The molecule has 2 bridgehead atoms. The number of esters is 2. The molecule has 0 radical (unpaired) electrons. The Morgan fingerprint density at radius 1 is 1.05 bits per heavy atom. The summed E-state index contributed by atoms with van der Waals surface area (Å²) >= 11 is 0. The third kappa shape index (κ3) is 1.79. The monoisotopic (exact) mass is 289 g/mol. The lowest BCUT2D eigenvalue weighted by Crippen LogP contribution is -2.69. The van der Waals surface area contributed by atoms with Crippen LogP contribution in [0.4, 0.5) is 0 Å². The van der Waals surface area contributed by atoms with Crippen molar-refractivity contribution in [2.45, 2.75) is 58.8 Å². The molecule has 0 aromatic rings. The van der Waals surface area contributed by atoms with Crippen LogP contribution in [0.2, 0.25) is 12.6 Å². The number of rotatable bonds is 1. The van der Waals surface area contributed by atoms with Crippen LogP contribution in [0.25, 0.3) is 0 Å². The summed E-state index contributed by atoms with van der Waals surface area (Å²) < 4.78 is 4.94. The molecular formula is C16H24BNO3. The molecule has 0 saturated carbocycles. The fraction of sp³-hybridized carbons (Fsp3) is 0.750. The topological polar surface area (TPSA) is 46.6 Å². The van der Waals surface area contributed by atoms with Crippen LogP contribution >= 0.6 is 0 Å². The first kappa shape index (κ1) is 14.8. The van der Waals surface area contributed by atoms with E-state index in [1.807, 2.05) is 0 Å². The van der Waals surface area contributed by atoms with Crippen molar-refractivity contribution in [1.29, 1.82) is 0 Å². The van der Waals surface area contributed by atoms with Crippen molar-refractivity contribution in [1.82, 2.24) is 4.81 Å². The second-order valence-electron chi connectivity index (χ2n) is 8.20. The summed E-state index contributed by atoms with van der Waals surface area (Å²) in [4.78, 5) is 26.6. The first-order valence-corrected chi connectivity index (χ1v) is 7.79. The maximum absolute atomic E-state index is 12.1. The average molecular weight is 289 g/mol. The molecule has 4 atom stereocenters. The van der Waals surface area contributed by atoms with Gasteiger partial charge in [-0.15, -0.1) is 0 Å². The highest BCUT2D eigenvalue weighted by Gasteiger charge is 2.63. The number of cyclic esters (lactones) is 2. The summed E-state index contributed by atoms with van der Waals surface area (Å²) in [7, 11) is 0. The number of carbonyl (C=O) groups is 2. The van der Waals surface area contributed by atoms with Gasteiger partial charge in [-0.2, -0.15) is 0 Å². The van der Waals surface area contributed by atoms with E-state index in [1.54, 1.807) is 0 Å². The van der Waals surface area contributed by atoms with Crippen LogP contribution in [0.1, 0.15) is 34.6 Å². The van der Waals surface area contributed by atoms with E-state index in [2.05, 4.69) is 58.4 Å². The third-order valence-corrected chi connectivity index (χ3v) is 6.24. The van der Waals surface area contributed by atoms with Crippen LogP contribution < -0.4 is 0 Å². The van der Waals surface area contributed by atoms with Crippen molar-refractivity contribution < 1.29 is 14.3 Å². The van der Waals surface area contributed by atoms with Gasteiger partial charge in [0.2, 0.25) is 6.85 Å². The molecule has 3 heterocycles. The first-order chi connectivity index (χ1) is 9.57. The van der Waals surface area contributed by atoms with Crippen molar-refractivity contribution in [3.8, 4) is 0 Å². The van der Waals surface area contributed by atoms with Gasteiger partial charge in [0.1, 0.15) is 0 Å². The van der Waals surface area contributed by atoms with E-state index in [0.29, 0.717) is 0 Å². The predicted molar refractivity (Wildman–Crippen MR) is 81.7 cm³/mol. The van der Waals surface area contributed by atoms with E-state index >= 15 is 0 Å². The lowest BCUT2D eigenvalue weighted by atomic mass is 9.39. The minimum absolute atomic E-state index is 0.0387. The Bertz CT molecular complexity index is 534. The molecule has 1 aliphatic carbocycles. The van der Waals surface area contributed by atoms with E-state index in [-0.39, 0.29) is 53.4 Å². The molecule has 4 nitrogen and oxygen atoms in total. The first-order valence-electron chi connectivity index (χ1n) is 7.79. The quantitative estimate of drug-likeness (QED) is 0.322. The predicted octanol–water partition coefficient (Wildman–Crippen LogP) is 2.37. The minimum atomic E-state index is -0.342. The zero-order valence-corrected chi connectivity index (χ0v) is 13.7. The fourth-order valence-electron chi connectivity index (χ4n) is 4.21. The molecule has 114 valence electrons. The molecule has 5 heteroatoms. The third-order valence-electron chi connectivity index (χ3n) is 6.24. The second-order valence-corrected chi connectivity index (χ2v) is 8.20. The number of allylic oxidation sites excluding steroid dienone is 1. The lowest BCUT2D eigenvalue weighted by molar-refractivity contribution is -0.153. The van der Waals surface area contributed by atoms with Crippen molar-refractivity contribution >= 4 is 18.8 Å². The highest BCUT2D eigenvalue weighted by Crippen LogP contribution is 2.53. The normalized spacial score (nSPS) is 36.2. The maximum Gasteiger partial charge on any atom is 0.319 e. The van der Waals surface area contributed by atoms with Gasteiger partial charge in [-0.25, -0.2) is 0 Å². The average Bonchev–Trinajstić information content (AvgIpc) is 2.65. The summed E-state index contributed by atoms with van der Waals surface area (Å²) in [5.41, 5.74) is -0.0222. The summed E-state index contributed by atoms with van der Waals surface area (Å²) in [5.74, 6) is -1.21. The van der Waals surface area contributed by atoms with E-state index in [0.717, 1.165) is 0 Å². The largest absolute Gasteiger partial charge is 0.393 e. The van der Waals surface area contributed by atoms with E-state index in [9.17, 15) is 9.59 Å².